The van der Waals surface area contributed by atoms with E-state index in [-0.39, 0.29) is 16.2 Å². The smallest absolute Gasteiger partial charge is 0.335 e. The number of carbonyl (C=O) groups is 1. The molecule has 0 aliphatic heterocycles. The van der Waals surface area contributed by atoms with Gasteiger partial charge in [0.2, 0.25) is 0 Å². The van der Waals surface area contributed by atoms with E-state index >= 15 is 0 Å². The maximum atomic E-state index is 12.0. The quantitative estimate of drug-likeness (QED) is 0.934. The Labute approximate surface area is 108 Å². The Morgan fingerprint density at radius 2 is 1.83 bits per heavy atom. The molecule has 1 N–H and O–H groups in total. The first-order chi connectivity index (χ1) is 8.49. The molecule has 4 nitrogen and oxygen atoms in total. The van der Waals surface area contributed by atoms with Crippen LogP contribution in [-0.4, -0.2) is 19.5 Å². The van der Waals surface area contributed by atoms with Gasteiger partial charge in [0, 0.05) is 0 Å². The number of sulfone groups is 1. The highest BCUT2D eigenvalue weighted by Gasteiger charge is 2.16. The molecule has 1 aromatic carbocycles. The van der Waals surface area contributed by atoms with Gasteiger partial charge < -0.3 is 5.11 Å². The Morgan fingerprint density at radius 3 is 2.33 bits per heavy atom. The van der Waals surface area contributed by atoms with Crippen molar-refractivity contribution in [2.75, 3.05) is 0 Å². The predicted molar refractivity (Wildman–Crippen MR) is 68.6 cm³/mol. The van der Waals surface area contributed by atoms with Gasteiger partial charge in [0.25, 0.3) is 0 Å². The zero-order valence-corrected chi connectivity index (χ0v) is 10.9. The molecule has 1 heterocycles. The Kier molecular flexibility index (Phi) is 3.49. The maximum Gasteiger partial charge on any atom is 0.335 e. The molecule has 0 amide bonds. The zero-order chi connectivity index (χ0) is 13.2. The first kappa shape index (κ1) is 12.8. The lowest BCUT2D eigenvalue weighted by Gasteiger charge is -2.03. The van der Waals surface area contributed by atoms with Gasteiger partial charge in [-0.1, -0.05) is 0 Å². The predicted octanol–water partition coefficient (Wildman–Crippen LogP) is 2.42. The second-order valence-electron chi connectivity index (χ2n) is 3.72. The van der Waals surface area contributed by atoms with Gasteiger partial charge >= 0.3 is 5.97 Å². The highest BCUT2D eigenvalue weighted by atomic mass is 32.2. The van der Waals surface area contributed by atoms with Gasteiger partial charge in [0.15, 0.2) is 9.84 Å². The highest BCUT2D eigenvalue weighted by molar-refractivity contribution is 7.90. The summed E-state index contributed by atoms with van der Waals surface area (Å²) in [5.41, 5.74) is 0.812. The Balaban J connectivity index is 2.27. The summed E-state index contributed by atoms with van der Waals surface area (Å²) < 4.78 is 24.1. The maximum absolute atomic E-state index is 12.0. The van der Waals surface area contributed by atoms with E-state index in [1.807, 2.05) is 5.38 Å². The summed E-state index contributed by atoms with van der Waals surface area (Å²) in [5.74, 6) is -1.14. The normalized spacial score (nSPS) is 11.3. The summed E-state index contributed by atoms with van der Waals surface area (Å²) in [6.45, 7) is 0. The standard InChI is InChI=1S/C12H10O4S2/c13-12(14)10-1-3-11(4-2-10)18(15,16)8-9-5-6-17-7-9/h1-7H,8H2,(H,13,14). The second-order valence-corrected chi connectivity index (χ2v) is 6.49. The molecule has 0 aliphatic rings. The van der Waals surface area contributed by atoms with Crippen molar-refractivity contribution in [3.05, 3.63) is 52.2 Å². The van der Waals surface area contributed by atoms with Crippen molar-refractivity contribution in [1.82, 2.24) is 0 Å². The summed E-state index contributed by atoms with van der Waals surface area (Å²) in [7, 11) is -3.41. The third-order valence-electron chi connectivity index (χ3n) is 2.40. The topological polar surface area (TPSA) is 71.4 Å². The molecule has 2 aromatic rings. The van der Waals surface area contributed by atoms with Crippen LogP contribution in [0, 0.1) is 0 Å². The van der Waals surface area contributed by atoms with Crippen molar-refractivity contribution in [2.45, 2.75) is 10.6 Å². The van der Waals surface area contributed by atoms with Gasteiger partial charge in [-0.15, -0.1) is 0 Å². The van der Waals surface area contributed by atoms with Crippen molar-refractivity contribution >= 4 is 27.1 Å². The van der Waals surface area contributed by atoms with Crippen molar-refractivity contribution < 1.29 is 18.3 Å². The largest absolute Gasteiger partial charge is 0.478 e. The minimum Gasteiger partial charge on any atom is -0.478 e. The second kappa shape index (κ2) is 4.91. The van der Waals surface area contributed by atoms with Crippen LogP contribution in [-0.2, 0) is 15.6 Å². The summed E-state index contributed by atoms with van der Waals surface area (Å²) in [5, 5.41) is 12.3. The molecule has 0 aliphatic carbocycles. The van der Waals surface area contributed by atoms with Crippen LogP contribution in [0.2, 0.25) is 0 Å². The molecule has 0 radical (unpaired) electrons. The van der Waals surface area contributed by atoms with Crippen LogP contribution >= 0.6 is 11.3 Å². The monoisotopic (exact) mass is 282 g/mol. The van der Waals surface area contributed by atoms with E-state index < -0.39 is 15.8 Å². The summed E-state index contributed by atoms with van der Waals surface area (Å²) in [6, 6.07) is 7.00. The average Bonchev–Trinajstić information content (AvgIpc) is 2.81. The minimum atomic E-state index is -3.41. The lowest BCUT2D eigenvalue weighted by Crippen LogP contribution is -2.05. The van der Waals surface area contributed by atoms with Gasteiger partial charge in [0.1, 0.15) is 0 Å². The molecule has 0 unspecified atom stereocenters. The van der Waals surface area contributed by atoms with Gasteiger partial charge in [-0.05, 0) is 46.7 Å². The number of thiophene rings is 1. The SMILES string of the molecule is O=C(O)c1ccc(S(=O)(=O)Cc2ccsc2)cc1. The zero-order valence-electron chi connectivity index (χ0n) is 9.24. The van der Waals surface area contributed by atoms with Gasteiger partial charge in [-0.3, -0.25) is 0 Å². The first-order valence-electron chi connectivity index (χ1n) is 5.06. The molecule has 0 saturated heterocycles. The van der Waals surface area contributed by atoms with Crippen LogP contribution in [0.15, 0.2) is 46.0 Å². The van der Waals surface area contributed by atoms with Crippen LogP contribution in [0.4, 0.5) is 0 Å². The van der Waals surface area contributed by atoms with Crippen LogP contribution in [0.5, 0.6) is 0 Å². The number of carboxylic acids is 1. The number of benzene rings is 1. The Morgan fingerprint density at radius 1 is 1.17 bits per heavy atom. The minimum absolute atomic E-state index is 0.0665. The Bertz CT molecular complexity index is 640. The average molecular weight is 282 g/mol. The molecular formula is C12H10O4S2. The molecule has 0 atom stereocenters. The number of carboxylic acid groups (broad SMARTS) is 1. The van der Waals surface area contributed by atoms with Crippen molar-refractivity contribution in [3.8, 4) is 0 Å². The lowest BCUT2D eigenvalue weighted by molar-refractivity contribution is 0.0697. The van der Waals surface area contributed by atoms with E-state index in [9.17, 15) is 13.2 Å². The molecule has 1 aromatic heterocycles. The van der Waals surface area contributed by atoms with Gasteiger partial charge in [-0.2, -0.15) is 11.3 Å². The Hall–Kier alpha value is -1.66. The van der Waals surface area contributed by atoms with Crippen LogP contribution in [0.3, 0.4) is 0 Å². The first-order valence-corrected chi connectivity index (χ1v) is 7.66. The highest BCUT2D eigenvalue weighted by Crippen LogP contribution is 2.18. The molecule has 94 valence electrons. The number of rotatable bonds is 4. The number of aromatic carboxylic acids is 1. The fourth-order valence-corrected chi connectivity index (χ4v) is 3.59. The van der Waals surface area contributed by atoms with Gasteiger partial charge in [-0.25, -0.2) is 13.2 Å². The summed E-state index contributed by atoms with van der Waals surface area (Å²) in [4.78, 5) is 10.8. The molecular weight excluding hydrogens is 272 g/mol. The van der Waals surface area contributed by atoms with Crippen molar-refractivity contribution in [3.63, 3.8) is 0 Å². The van der Waals surface area contributed by atoms with E-state index in [0.717, 1.165) is 5.56 Å². The fraction of sp³-hybridized carbons (Fsp3) is 0.0833. The summed E-state index contributed by atoms with van der Waals surface area (Å²) in [6.07, 6.45) is 0. The van der Waals surface area contributed by atoms with E-state index in [1.54, 1.807) is 11.4 Å². The molecule has 2 rings (SSSR count). The molecule has 0 fully saturated rings. The van der Waals surface area contributed by atoms with E-state index in [4.69, 9.17) is 5.11 Å². The molecule has 0 bridgehead atoms. The van der Waals surface area contributed by atoms with E-state index in [2.05, 4.69) is 0 Å². The third-order valence-corrected chi connectivity index (χ3v) is 4.83. The lowest BCUT2D eigenvalue weighted by atomic mass is 10.2. The molecule has 18 heavy (non-hydrogen) atoms. The number of hydrogen-bond donors (Lipinski definition) is 1. The van der Waals surface area contributed by atoms with Crippen LogP contribution in [0.25, 0.3) is 0 Å². The van der Waals surface area contributed by atoms with E-state index in [1.165, 1.54) is 35.6 Å². The molecule has 0 saturated carbocycles. The third kappa shape index (κ3) is 2.77. The van der Waals surface area contributed by atoms with Crippen LogP contribution < -0.4 is 0 Å². The fourth-order valence-electron chi connectivity index (χ4n) is 1.48. The molecule has 0 spiro atoms. The number of hydrogen-bond acceptors (Lipinski definition) is 4. The summed E-state index contributed by atoms with van der Waals surface area (Å²) >= 11 is 1.44. The van der Waals surface area contributed by atoms with Crippen molar-refractivity contribution in [2.24, 2.45) is 0 Å². The van der Waals surface area contributed by atoms with E-state index in [0.29, 0.717) is 0 Å². The van der Waals surface area contributed by atoms with Crippen molar-refractivity contribution in [1.29, 1.82) is 0 Å². The molecule has 6 heteroatoms. The van der Waals surface area contributed by atoms with Gasteiger partial charge in [0.05, 0.1) is 16.2 Å². The van der Waals surface area contributed by atoms with Crippen LogP contribution in [0.1, 0.15) is 15.9 Å².